The lowest BCUT2D eigenvalue weighted by Crippen LogP contribution is -2.24. The van der Waals surface area contributed by atoms with Crippen LogP contribution in [-0.4, -0.2) is 5.16 Å². The van der Waals surface area contributed by atoms with Gasteiger partial charge in [-0.25, -0.2) is 8.78 Å². The highest BCUT2D eigenvalue weighted by molar-refractivity contribution is 5.26. The molecular formula is C10H15F2NO. The zero-order valence-electron chi connectivity index (χ0n) is 8.90. The van der Waals surface area contributed by atoms with Crippen LogP contribution in [0.4, 0.5) is 8.78 Å². The van der Waals surface area contributed by atoms with E-state index in [9.17, 15) is 8.78 Å². The minimum Gasteiger partial charge on any atom is -0.361 e. The van der Waals surface area contributed by atoms with Crippen LogP contribution in [0.3, 0.4) is 0 Å². The topological polar surface area (TPSA) is 26.0 Å². The Morgan fingerprint density at radius 2 is 2.00 bits per heavy atom. The number of aryl methyl sites for hydroxylation is 2. The van der Waals surface area contributed by atoms with Gasteiger partial charge in [0, 0.05) is 5.92 Å². The number of alkyl halides is 2. The third-order valence-corrected chi connectivity index (χ3v) is 2.60. The molecule has 1 rings (SSSR count). The van der Waals surface area contributed by atoms with E-state index in [0.717, 1.165) is 0 Å². The Kier molecular flexibility index (Phi) is 2.92. The van der Waals surface area contributed by atoms with Crippen molar-refractivity contribution in [3.05, 3.63) is 17.0 Å². The molecule has 0 saturated carbocycles. The maximum Gasteiger partial charge on any atom is 0.280 e. The molecule has 1 unspecified atom stereocenters. The van der Waals surface area contributed by atoms with Crippen LogP contribution in [0.15, 0.2) is 4.52 Å². The molecule has 4 heteroatoms. The molecule has 80 valence electrons. The summed E-state index contributed by atoms with van der Waals surface area (Å²) in [6.07, 6.45) is 0.428. The Labute approximate surface area is 82.3 Å². The molecule has 0 N–H and O–H groups in total. The van der Waals surface area contributed by atoms with E-state index in [1.165, 1.54) is 13.8 Å². The average molecular weight is 203 g/mol. The molecule has 1 heterocycles. The molecule has 0 spiro atoms. The highest BCUT2D eigenvalue weighted by atomic mass is 19.3. The molecule has 0 amide bonds. The van der Waals surface area contributed by atoms with Crippen LogP contribution >= 0.6 is 0 Å². The van der Waals surface area contributed by atoms with Crippen LogP contribution in [-0.2, 0) is 5.92 Å². The van der Waals surface area contributed by atoms with Crippen molar-refractivity contribution in [3.63, 3.8) is 0 Å². The van der Waals surface area contributed by atoms with E-state index in [1.807, 2.05) is 0 Å². The molecule has 0 aliphatic heterocycles. The van der Waals surface area contributed by atoms with Crippen molar-refractivity contribution >= 4 is 0 Å². The molecular weight excluding hydrogens is 188 g/mol. The first kappa shape index (κ1) is 11.1. The molecule has 14 heavy (non-hydrogen) atoms. The van der Waals surface area contributed by atoms with Gasteiger partial charge in [-0.2, -0.15) is 0 Å². The zero-order chi connectivity index (χ0) is 10.9. The maximum absolute atomic E-state index is 13.8. The largest absolute Gasteiger partial charge is 0.361 e. The van der Waals surface area contributed by atoms with Gasteiger partial charge in [-0.15, -0.1) is 0 Å². The predicted molar refractivity (Wildman–Crippen MR) is 49.3 cm³/mol. The monoisotopic (exact) mass is 203 g/mol. The smallest absolute Gasteiger partial charge is 0.280 e. The van der Waals surface area contributed by atoms with E-state index in [1.54, 1.807) is 13.8 Å². The lowest BCUT2D eigenvalue weighted by molar-refractivity contribution is -0.0610. The highest BCUT2D eigenvalue weighted by Gasteiger charge is 2.42. The quantitative estimate of drug-likeness (QED) is 0.752. The number of hydrogen-bond acceptors (Lipinski definition) is 2. The van der Waals surface area contributed by atoms with Crippen molar-refractivity contribution in [3.8, 4) is 0 Å². The van der Waals surface area contributed by atoms with E-state index in [-0.39, 0.29) is 17.0 Å². The van der Waals surface area contributed by atoms with Crippen LogP contribution in [0.5, 0.6) is 0 Å². The number of halogens is 2. The summed E-state index contributed by atoms with van der Waals surface area (Å²) in [6.45, 7) is 6.34. The standard InChI is InChI=1S/C10H15F2NO/c1-5-6(2)10(11,12)9-7(3)13-14-8(9)4/h6H,5H2,1-4H3. The van der Waals surface area contributed by atoms with Crippen molar-refractivity contribution < 1.29 is 13.3 Å². The third-order valence-electron chi connectivity index (χ3n) is 2.60. The predicted octanol–water partition coefficient (Wildman–Crippen LogP) is 3.43. The number of nitrogens with zero attached hydrogens (tertiary/aromatic N) is 1. The third kappa shape index (κ3) is 1.65. The van der Waals surface area contributed by atoms with Crippen molar-refractivity contribution in [2.45, 2.75) is 40.0 Å². The Bertz CT molecular complexity index is 300. The Morgan fingerprint density at radius 3 is 2.36 bits per heavy atom. The molecule has 1 aromatic rings. The van der Waals surface area contributed by atoms with Gasteiger partial charge in [0.1, 0.15) is 5.76 Å². The molecule has 2 nitrogen and oxygen atoms in total. The SMILES string of the molecule is CCC(C)C(F)(F)c1c(C)noc1C. The van der Waals surface area contributed by atoms with Gasteiger partial charge >= 0.3 is 0 Å². The van der Waals surface area contributed by atoms with Gasteiger partial charge in [-0.3, -0.25) is 0 Å². The second kappa shape index (κ2) is 3.67. The van der Waals surface area contributed by atoms with Crippen molar-refractivity contribution in [1.29, 1.82) is 0 Å². The van der Waals surface area contributed by atoms with Crippen LogP contribution in [0.25, 0.3) is 0 Å². The number of rotatable bonds is 3. The van der Waals surface area contributed by atoms with Crippen LogP contribution in [0.1, 0.15) is 37.3 Å². The Balaban J connectivity index is 3.14. The fourth-order valence-corrected chi connectivity index (χ4v) is 1.46. The van der Waals surface area contributed by atoms with Gasteiger partial charge in [-0.1, -0.05) is 19.0 Å². The summed E-state index contributed by atoms with van der Waals surface area (Å²) in [4.78, 5) is 0. The summed E-state index contributed by atoms with van der Waals surface area (Å²) in [5.41, 5.74) is 0.236. The van der Waals surface area contributed by atoms with Gasteiger partial charge in [0.2, 0.25) is 0 Å². The van der Waals surface area contributed by atoms with E-state index < -0.39 is 11.8 Å². The summed E-state index contributed by atoms with van der Waals surface area (Å²) in [5, 5.41) is 3.54. The van der Waals surface area contributed by atoms with Gasteiger partial charge in [0.25, 0.3) is 5.92 Å². The molecule has 0 aromatic carbocycles. The molecule has 0 saturated heterocycles. The molecule has 0 fully saturated rings. The van der Waals surface area contributed by atoms with E-state index >= 15 is 0 Å². The zero-order valence-corrected chi connectivity index (χ0v) is 8.90. The summed E-state index contributed by atoms with van der Waals surface area (Å²) in [6, 6.07) is 0. The Hall–Kier alpha value is -0.930. The fourth-order valence-electron chi connectivity index (χ4n) is 1.46. The molecule has 0 radical (unpaired) electrons. The second-order valence-electron chi connectivity index (χ2n) is 3.63. The lowest BCUT2D eigenvalue weighted by Gasteiger charge is -2.22. The van der Waals surface area contributed by atoms with Gasteiger partial charge in [0.05, 0.1) is 11.3 Å². The molecule has 0 bridgehead atoms. The van der Waals surface area contributed by atoms with Crippen molar-refractivity contribution in [2.24, 2.45) is 5.92 Å². The van der Waals surface area contributed by atoms with Crippen molar-refractivity contribution in [1.82, 2.24) is 5.16 Å². The fraction of sp³-hybridized carbons (Fsp3) is 0.700. The first-order valence-corrected chi connectivity index (χ1v) is 4.72. The summed E-state index contributed by atoms with van der Waals surface area (Å²) < 4.78 is 32.4. The van der Waals surface area contributed by atoms with Crippen LogP contribution in [0.2, 0.25) is 0 Å². The van der Waals surface area contributed by atoms with E-state index in [2.05, 4.69) is 5.16 Å². The number of hydrogen-bond donors (Lipinski definition) is 0. The van der Waals surface area contributed by atoms with Crippen LogP contribution < -0.4 is 0 Å². The highest BCUT2D eigenvalue weighted by Crippen LogP contribution is 2.40. The Morgan fingerprint density at radius 1 is 1.43 bits per heavy atom. The van der Waals surface area contributed by atoms with Gasteiger partial charge in [-0.05, 0) is 20.3 Å². The number of aromatic nitrogens is 1. The normalized spacial score (nSPS) is 14.4. The summed E-state index contributed by atoms with van der Waals surface area (Å²) >= 11 is 0. The lowest BCUT2D eigenvalue weighted by atomic mass is 9.93. The van der Waals surface area contributed by atoms with E-state index in [4.69, 9.17) is 4.52 Å². The average Bonchev–Trinajstić information content (AvgIpc) is 2.44. The maximum atomic E-state index is 13.8. The van der Waals surface area contributed by atoms with Gasteiger partial charge < -0.3 is 4.52 Å². The van der Waals surface area contributed by atoms with Gasteiger partial charge in [0.15, 0.2) is 0 Å². The minimum atomic E-state index is -2.84. The molecule has 1 aromatic heterocycles. The molecule has 0 aliphatic carbocycles. The summed E-state index contributed by atoms with van der Waals surface area (Å²) in [7, 11) is 0. The van der Waals surface area contributed by atoms with Crippen molar-refractivity contribution in [2.75, 3.05) is 0 Å². The van der Waals surface area contributed by atoms with E-state index in [0.29, 0.717) is 6.42 Å². The minimum absolute atomic E-state index is 0.0492. The second-order valence-corrected chi connectivity index (χ2v) is 3.63. The molecule has 1 atom stereocenters. The first-order valence-electron chi connectivity index (χ1n) is 4.72. The van der Waals surface area contributed by atoms with Crippen LogP contribution in [0, 0.1) is 19.8 Å². The summed E-state index contributed by atoms with van der Waals surface area (Å²) in [5.74, 6) is -3.32. The first-order chi connectivity index (χ1) is 6.41. The molecule has 0 aliphatic rings.